The van der Waals surface area contributed by atoms with Crippen molar-refractivity contribution >= 4 is 13.9 Å². The first-order chi connectivity index (χ1) is 8.25. The van der Waals surface area contributed by atoms with Crippen LogP contribution in [-0.2, 0) is 6.42 Å². The zero-order valence-electron chi connectivity index (χ0n) is 12.2. The maximum absolute atomic E-state index is 12.7. The van der Waals surface area contributed by atoms with E-state index in [0.29, 0.717) is 5.78 Å². The van der Waals surface area contributed by atoms with Crippen LogP contribution in [0.5, 0.6) is 0 Å². The van der Waals surface area contributed by atoms with Crippen LogP contribution in [0.1, 0.15) is 43.1 Å². The normalized spacial score (nSPS) is 20.7. The Kier molecular flexibility index (Phi) is 3.26. The Morgan fingerprint density at radius 2 is 1.78 bits per heavy atom. The molecule has 0 aromatic heterocycles. The van der Waals surface area contributed by atoms with Crippen LogP contribution in [0.3, 0.4) is 0 Å². The minimum atomic E-state index is -1.59. The molecule has 0 fully saturated rings. The molecule has 0 radical (unpaired) electrons. The summed E-state index contributed by atoms with van der Waals surface area (Å²) in [5.41, 5.74) is 2.52. The van der Waals surface area contributed by atoms with Crippen molar-refractivity contribution in [1.82, 2.24) is 0 Å². The van der Waals surface area contributed by atoms with Gasteiger partial charge in [-0.05, 0) is 23.4 Å². The van der Waals surface area contributed by atoms with Gasteiger partial charge in [-0.25, -0.2) is 0 Å². The summed E-state index contributed by atoms with van der Waals surface area (Å²) in [6, 6.07) is 8.15. The molecule has 2 rings (SSSR count). The van der Waals surface area contributed by atoms with Crippen molar-refractivity contribution in [3.63, 3.8) is 0 Å². The number of rotatable bonds is 1. The van der Waals surface area contributed by atoms with E-state index in [4.69, 9.17) is 0 Å². The van der Waals surface area contributed by atoms with E-state index in [-0.39, 0.29) is 10.6 Å². The van der Waals surface area contributed by atoms with Gasteiger partial charge in [0.05, 0.1) is 8.07 Å². The summed E-state index contributed by atoms with van der Waals surface area (Å²) in [5, 5.41) is 0.277. The highest BCUT2D eigenvalue weighted by atomic mass is 28.3. The highest BCUT2D eigenvalue weighted by Crippen LogP contribution is 2.48. The number of hydrogen-bond acceptors (Lipinski definition) is 1. The van der Waals surface area contributed by atoms with Crippen LogP contribution in [0, 0.1) is 0 Å². The van der Waals surface area contributed by atoms with Crippen molar-refractivity contribution in [2.45, 2.75) is 57.3 Å². The van der Waals surface area contributed by atoms with Crippen molar-refractivity contribution in [2.24, 2.45) is 0 Å². The molecule has 1 aromatic rings. The number of carbonyl (C=O) groups excluding carboxylic acids is 1. The number of fused-ring (bicyclic) bond motifs is 1. The minimum absolute atomic E-state index is 0.277. The van der Waals surface area contributed by atoms with Gasteiger partial charge in [-0.15, -0.1) is 0 Å². The second kappa shape index (κ2) is 4.34. The van der Waals surface area contributed by atoms with Crippen LogP contribution in [0.15, 0.2) is 24.3 Å². The van der Waals surface area contributed by atoms with Gasteiger partial charge in [0.25, 0.3) is 0 Å². The van der Waals surface area contributed by atoms with Gasteiger partial charge in [-0.2, -0.15) is 0 Å². The maximum atomic E-state index is 12.7. The molecule has 0 saturated heterocycles. The predicted molar refractivity (Wildman–Crippen MR) is 80.0 cm³/mol. The van der Waals surface area contributed by atoms with Crippen LogP contribution < -0.4 is 0 Å². The van der Waals surface area contributed by atoms with E-state index in [1.165, 1.54) is 5.56 Å². The van der Waals surface area contributed by atoms with Gasteiger partial charge in [-0.3, -0.25) is 4.79 Å². The average Bonchev–Trinajstić information content (AvgIpc) is 2.28. The number of ketones is 1. The van der Waals surface area contributed by atoms with Crippen LogP contribution in [0.25, 0.3) is 0 Å². The van der Waals surface area contributed by atoms with Crippen molar-refractivity contribution in [3.05, 3.63) is 35.4 Å². The second-order valence-corrected chi connectivity index (χ2v) is 12.7. The molecule has 1 aliphatic carbocycles. The third-order valence-corrected chi connectivity index (χ3v) is 11.3. The summed E-state index contributed by atoms with van der Waals surface area (Å²) >= 11 is 0. The third kappa shape index (κ3) is 2.07. The molecular formula is C16H24OSi. The number of aryl methyl sites for hydroxylation is 1. The Balaban J connectivity index is 2.38. The molecule has 0 amide bonds. The first-order valence-corrected chi connectivity index (χ1v) is 9.95. The van der Waals surface area contributed by atoms with Gasteiger partial charge in [0, 0.05) is 11.1 Å². The van der Waals surface area contributed by atoms with Gasteiger partial charge in [0.15, 0.2) is 5.78 Å². The van der Waals surface area contributed by atoms with Crippen molar-refractivity contribution in [1.29, 1.82) is 0 Å². The molecule has 0 saturated carbocycles. The number of hydrogen-bond donors (Lipinski definition) is 0. The van der Waals surface area contributed by atoms with Crippen molar-refractivity contribution < 1.29 is 4.79 Å². The fourth-order valence-corrected chi connectivity index (χ4v) is 5.53. The Hall–Kier alpha value is -0.893. The second-order valence-electron chi connectivity index (χ2n) is 7.08. The molecule has 0 heterocycles. The number of benzene rings is 1. The molecule has 98 valence electrons. The van der Waals surface area contributed by atoms with Gasteiger partial charge in [-0.1, -0.05) is 58.1 Å². The Bertz CT molecular complexity index is 468. The highest BCUT2D eigenvalue weighted by Gasteiger charge is 2.46. The van der Waals surface area contributed by atoms with E-state index in [0.717, 1.165) is 18.4 Å². The molecule has 0 bridgehead atoms. The van der Waals surface area contributed by atoms with E-state index in [1.807, 2.05) is 18.2 Å². The quantitative estimate of drug-likeness (QED) is 0.669. The van der Waals surface area contributed by atoms with Crippen molar-refractivity contribution in [2.75, 3.05) is 0 Å². The van der Waals surface area contributed by atoms with Crippen LogP contribution in [0.4, 0.5) is 0 Å². The summed E-state index contributed by atoms with van der Waals surface area (Å²) in [6.07, 6.45) is 2.12. The van der Waals surface area contributed by atoms with E-state index in [9.17, 15) is 4.79 Å². The van der Waals surface area contributed by atoms with E-state index < -0.39 is 8.07 Å². The smallest absolute Gasteiger partial charge is 0.163 e. The molecule has 1 aliphatic rings. The molecule has 1 atom stereocenters. The number of Topliss-reactive ketones (excluding diaryl/α,β-unsaturated/α-hetero) is 1. The maximum Gasteiger partial charge on any atom is 0.163 e. The molecule has 1 aromatic carbocycles. The molecule has 1 unspecified atom stereocenters. The predicted octanol–water partition coefficient (Wildman–Crippen LogP) is 4.69. The first-order valence-electron chi connectivity index (χ1n) is 6.87. The van der Waals surface area contributed by atoms with E-state index >= 15 is 0 Å². The lowest BCUT2D eigenvalue weighted by molar-refractivity contribution is 0.0968. The van der Waals surface area contributed by atoms with Crippen molar-refractivity contribution in [3.8, 4) is 0 Å². The van der Waals surface area contributed by atoms with Gasteiger partial charge >= 0.3 is 0 Å². The lowest BCUT2D eigenvalue weighted by Gasteiger charge is -2.44. The fraction of sp³-hybridized carbons (Fsp3) is 0.562. The zero-order chi connectivity index (χ0) is 13.6. The SMILES string of the molecule is CC(C)(C)[Si](C)(C)C1CCc2ccccc2C1=O. The van der Waals surface area contributed by atoms with Gasteiger partial charge < -0.3 is 0 Å². The van der Waals surface area contributed by atoms with Crippen LogP contribution in [-0.4, -0.2) is 13.9 Å². The molecule has 2 heteroatoms. The minimum Gasteiger partial charge on any atom is -0.294 e. The number of carbonyl (C=O) groups is 1. The lowest BCUT2D eigenvalue weighted by atomic mass is 9.90. The topological polar surface area (TPSA) is 17.1 Å². The Labute approximate surface area is 112 Å². The Morgan fingerprint density at radius 3 is 2.39 bits per heavy atom. The molecule has 0 spiro atoms. The van der Waals surface area contributed by atoms with Crippen LogP contribution in [0.2, 0.25) is 23.7 Å². The summed E-state index contributed by atoms with van der Waals surface area (Å²) in [5.74, 6) is 0.406. The third-order valence-electron chi connectivity index (χ3n) is 5.11. The van der Waals surface area contributed by atoms with E-state index in [1.54, 1.807) is 0 Å². The van der Waals surface area contributed by atoms with Crippen LogP contribution >= 0.6 is 0 Å². The van der Waals surface area contributed by atoms with E-state index in [2.05, 4.69) is 39.9 Å². The molecule has 0 N–H and O–H groups in total. The molecular weight excluding hydrogens is 236 g/mol. The Morgan fingerprint density at radius 1 is 1.17 bits per heavy atom. The first kappa shape index (κ1) is 13.5. The fourth-order valence-electron chi connectivity index (χ4n) is 2.81. The summed E-state index contributed by atoms with van der Waals surface area (Å²) < 4.78 is 0. The molecule has 1 nitrogen and oxygen atoms in total. The van der Waals surface area contributed by atoms with Gasteiger partial charge in [0.2, 0.25) is 0 Å². The summed E-state index contributed by atoms with van der Waals surface area (Å²) in [6.45, 7) is 11.7. The summed E-state index contributed by atoms with van der Waals surface area (Å²) in [7, 11) is -1.59. The average molecular weight is 260 g/mol. The molecule has 18 heavy (non-hydrogen) atoms. The zero-order valence-corrected chi connectivity index (χ0v) is 13.2. The monoisotopic (exact) mass is 260 g/mol. The van der Waals surface area contributed by atoms with Gasteiger partial charge in [0.1, 0.15) is 0 Å². The largest absolute Gasteiger partial charge is 0.294 e. The highest BCUT2D eigenvalue weighted by molar-refractivity contribution is 6.84. The standard InChI is InChI=1S/C16H24OSi/c1-16(2,3)18(4,5)14-11-10-12-8-6-7-9-13(12)15(14)17/h6-9,14H,10-11H2,1-5H3. The lowest BCUT2D eigenvalue weighted by Crippen LogP contribution is -2.46. The molecule has 0 aliphatic heterocycles. The summed E-state index contributed by atoms with van der Waals surface area (Å²) in [4.78, 5) is 12.7.